The lowest BCUT2D eigenvalue weighted by Gasteiger charge is -2.25. The summed E-state index contributed by atoms with van der Waals surface area (Å²) in [7, 11) is -5.77. The standard InChI is InChI=1S/C19H24F3NO8S/c1-11(24)28-16-14(23-10-15(16)29-17(25)30-18(2,3)4)9-12-5-7-13(8-6-12)31-32(26,27)19(20,21)22/h5-8,14-16,23H,9-10H2,1-4H3/t14-,15+,16+/m1/s1. The van der Waals surface area contributed by atoms with Crippen molar-refractivity contribution in [1.82, 2.24) is 5.32 Å². The molecule has 180 valence electrons. The Morgan fingerprint density at radius 3 is 2.19 bits per heavy atom. The van der Waals surface area contributed by atoms with Gasteiger partial charge in [0.1, 0.15) is 11.4 Å². The molecule has 32 heavy (non-hydrogen) atoms. The molecule has 1 aliphatic heterocycles. The van der Waals surface area contributed by atoms with Gasteiger partial charge in [-0.1, -0.05) is 12.1 Å². The fraction of sp³-hybridized carbons (Fsp3) is 0.579. The molecular weight excluding hydrogens is 459 g/mol. The molecule has 2 rings (SSSR count). The molecule has 1 N–H and O–H groups in total. The highest BCUT2D eigenvalue weighted by atomic mass is 32.2. The summed E-state index contributed by atoms with van der Waals surface area (Å²) in [5, 5.41) is 3.07. The van der Waals surface area contributed by atoms with Crippen LogP contribution in [-0.4, -0.2) is 56.4 Å². The van der Waals surface area contributed by atoms with Gasteiger partial charge in [-0.25, -0.2) is 4.79 Å². The molecule has 3 atom stereocenters. The van der Waals surface area contributed by atoms with Crippen molar-refractivity contribution in [3.8, 4) is 5.75 Å². The Morgan fingerprint density at radius 1 is 1.09 bits per heavy atom. The quantitative estimate of drug-likeness (QED) is 0.370. The smallest absolute Gasteiger partial charge is 0.457 e. The summed E-state index contributed by atoms with van der Waals surface area (Å²) in [6.07, 6.45) is -2.35. The summed E-state index contributed by atoms with van der Waals surface area (Å²) in [6, 6.07) is 4.40. The molecule has 0 spiro atoms. The molecule has 0 aromatic heterocycles. The van der Waals surface area contributed by atoms with Crippen LogP contribution in [0.1, 0.15) is 33.3 Å². The summed E-state index contributed by atoms with van der Waals surface area (Å²) in [6.45, 7) is 6.38. The van der Waals surface area contributed by atoms with E-state index in [1.165, 1.54) is 19.1 Å². The van der Waals surface area contributed by atoms with Crippen molar-refractivity contribution in [2.75, 3.05) is 6.54 Å². The van der Waals surface area contributed by atoms with E-state index in [0.717, 1.165) is 12.1 Å². The van der Waals surface area contributed by atoms with E-state index in [0.29, 0.717) is 5.56 Å². The van der Waals surface area contributed by atoms with Crippen molar-refractivity contribution in [2.24, 2.45) is 0 Å². The van der Waals surface area contributed by atoms with Gasteiger partial charge >= 0.3 is 27.8 Å². The molecule has 0 saturated carbocycles. The zero-order chi connectivity index (χ0) is 24.3. The summed E-state index contributed by atoms with van der Waals surface area (Å²) >= 11 is 0. The number of alkyl halides is 3. The van der Waals surface area contributed by atoms with Crippen LogP contribution in [0.15, 0.2) is 24.3 Å². The van der Waals surface area contributed by atoms with E-state index >= 15 is 0 Å². The number of nitrogens with one attached hydrogen (secondary N) is 1. The van der Waals surface area contributed by atoms with E-state index in [4.69, 9.17) is 14.2 Å². The maximum absolute atomic E-state index is 12.4. The summed E-state index contributed by atoms with van der Waals surface area (Å²) < 4.78 is 79.2. The predicted octanol–water partition coefficient (Wildman–Crippen LogP) is 2.68. The first-order chi connectivity index (χ1) is 14.6. The van der Waals surface area contributed by atoms with Crippen LogP contribution in [0.2, 0.25) is 0 Å². The number of carbonyl (C=O) groups excluding carboxylic acids is 2. The number of benzene rings is 1. The fourth-order valence-electron chi connectivity index (χ4n) is 2.91. The second-order valence-electron chi connectivity index (χ2n) is 8.04. The van der Waals surface area contributed by atoms with Crippen LogP contribution in [0.4, 0.5) is 18.0 Å². The van der Waals surface area contributed by atoms with Crippen LogP contribution in [0.25, 0.3) is 0 Å². The Labute approximate surface area is 183 Å². The van der Waals surface area contributed by atoms with Crippen molar-refractivity contribution in [3.63, 3.8) is 0 Å². The van der Waals surface area contributed by atoms with Gasteiger partial charge in [0.25, 0.3) is 0 Å². The number of rotatable bonds is 6. The zero-order valence-electron chi connectivity index (χ0n) is 17.8. The maximum Gasteiger partial charge on any atom is 0.534 e. The maximum atomic E-state index is 12.4. The van der Waals surface area contributed by atoms with Crippen LogP contribution in [0.5, 0.6) is 5.75 Å². The number of hydrogen-bond donors (Lipinski definition) is 1. The van der Waals surface area contributed by atoms with Crippen LogP contribution < -0.4 is 9.50 Å². The zero-order valence-corrected chi connectivity index (χ0v) is 18.6. The summed E-state index contributed by atoms with van der Waals surface area (Å²) in [5.74, 6) is -1.10. The van der Waals surface area contributed by atoms with Crippen molar-refractivity contribution in [1.29, 1.82) is 0 Å². The van der Waals surface area contributed by atoms with Gasteiger partial charge in [-0.2, -0.15) is 21.6 Å². The van der Waals surface area contributed by atoms with Gasteiger partial charge in [0, 0.05) is 13.5 Å². The monoisotopic (exact) mass is 483 g/mol. The molecule has 1 aromatic rings. The number of hydrogen-bond acceptors (Lipinski definition) is 9. The fourth-order valence-corrected chi connectivity index (χ4v) is 3.37. The largest absolute Gasteiger partial charge is 0.534 e. The highest BCUT2D eigenvalue weighted by Gasteiger charge is 2.48. The van der Waals surface area contributed by atoms with Crippen molar-refractivity contribution >= 4 is 22.2 Å². The number of ether oxygens (including phenoxy) is 3. The second-order valence-corrected chi connectivity index (χ2v) is 9.58. The Balaban J connectivity index is 2.07. The van der Waals surface area contributed by atoms with Crippen molar-refractivity contribution in [2.45, 2.75) is 63.5 Å². The lowest BCUT2D eigenvalue weighted by Crippen LogP contribution is -2.40. The topological polar surface area (TPSA) is 117 Å². The first kappa shape index (κ1) is 25.7. The van der Waals surface area contributed by atoms with E-state index in [-0.39, 0.29) is 13.0 Å². The number of carbonyl (C=O) groups is 2. The second kappa shape index (κ2) is 9.53. The number of halogens is 3. The molecule has 0 amide bonds. The van der Waals surface area contributed by atoms with Gasteiger partial charge in [0.05, 0.1) is 6.04 Å². The molecule has 0 aliphatic carbocycles. The van der Waals surface area contributed by atoms with Crippen LogP contribution in [-0.2, 0) is 35.5 Å². The van der Waals surface area contributed by atoms with Gasteiger partial charge in [-0.3, -0.25) is 4.79 Å². The Morgan fingerprint density at radius 2 is 1.69 bits per heavy atom. The highest BCUT2D eigenvalue weighted by Crippen LogP contribution is 2.28. The molecule has 1 fully saturated rings. The Bertz CT molecular complexity index is 925. The van der Waals surface area contributed by atoms with Gasteiger partial charge < -0.3 is 23.7 Å². The highest BCUT2D eigenvalue weighted by molar-refractivity contribution is 7.88. The molecule has 0 radical (unpaired) electrons. The van der Waals surface area contributed by atoms with Crippen molar-refractivity contribution < 1.29 is 49.6 Å². The average molecular weight is 483 g/mol. The third-order valence-corrected chi connectivity index (χ3v) is 5.13. The first-order valence-electron chi connectivity index (χ1n) is 9.47. The first-order valence-corrected chi connectivity index (χ1v) is 10.9. The SMILES string of the molecule is CC(=O)O[C@@H]1[C@@H](OC(=O)OC(C)(C)C)CN[C@@H]1Cc1ccc(OS(=O)(=O)C(F)(F)F)cc1. The van der Waals surface area contributed by atoms with Gasteiger partial charge in [-0.15, -0.1) is 0 Å². The summed E-state index contributed by atoms with van der Waals surface area (Å²) in [5.41, 5.74) is -5.74. The Hall–Kier alpha value is -2.54. The minimum Gasteiger partial charge on any atom is -0.457 e. The normalized spacial score (nSPS) is 21.7. The van der Waals surface area contributed by atoms with Crippen LogP contribution >= 0.6 is 0 Å². The van der Waals surface area contributed by atoms with E-state index in [2.05, 4.69) is 9.50 Å². The van der Waals surface area contributed by atoms with E-state index in [9.17, 15) is 31.2 Å². The van der Waals surface area contributed by atoms with Crippen LogP contribution in [0.3, 0.4) is 0 Å². The third-order valence-electron chi connectivity index (χ3n) is 4.15. The third kappa shape index (κ3) is 7.26. The molecule has 1 saturated heterocycles. The molecule has 13 heteroatoms. The molecule has 9 nitrogen and oxygen atoms in total. The molecule has 0 unspecified atom stereocenters. The van der Waals surface area contributed by atoms with Gasteiger partial charge in [0.2, 0.25) is 0 Å². The molecule has 1 aliphatic rings. The van der Waals surface area contributed by atoms with Gasteiger partial charge in [-0.05, 0) is 44.9 Å². The minimum absolute atomic E-state index is 0.173. The average Bonchev–Trinajstić information content (AvgIpc) is 2.94. The van der Waals surface area contributed by atoms with Gasteiger partial charge in [0.15, 0.2) is 12.2 Å². The van der Waals surface area contributed by atoms with E-state index < -0.39 is 57.4 Å². The summed E-state index contributed by atoms with van der Waals surface area (Å²) in [4.78, 5) is 23.5. The lowest BCUT2D eigenvalue weighted by molar-refractivity contribution is -0.152. The molecule has 0 bridgehead atoms. The minimum atomic E-state index is -5.77. The number of esters is 1. The molecule has 1 heterocycles. The Kier molecular flexibility index (Phi) is 7.66. The molecular formula is C19H24F3NO8S. The lowest BCUT2D eigenvalue weighted by atomic mass is 10.0. The molecule has 1 aromatic carbocycles. The van der Waals surface area contributed by atoms with E-state index in [1.807, 2.05) is 0 Å². The van der Waals surface area contributed by atoms with E-state index in [1.54, 1.807) is 20.8 Å². The van der Waals surface area contributed by atoms with Crippen molar-refractivity contribution in [3.05, 3.63) is 29.8 Å². The van der Waals surface area contributed by atoms with Crippen LogP contribution in [0, 0.1) is 0 Å². The predicted molar refractivity (Wildman–Crippen MR) is 104 cm³/mol.